The Kier molecular flexibility index (Phi) is 8.08. The molecule has 0 radical (unpaired) electrons. The van der Waals surface area contributed by atoms with Gasteiger partial charge in [-0.2, -0.15) is 0 Å². The molecule has 3 heterocycles. The average molecular weight is 590 g/mol. The van der Waals surface area contributed by atoms with Crippen LogP contribution in [0.3, 0.4) is 0 Å². The van der Waals surface area contributed by atoms with Crippen LogP contribution in [0.2, 0.25) is 0 Å². The minimum absolute atomic E-state index is 0.142. The van der Waals surface area contributed by atoms with Gasteiger partial charge in [-0.25, -0.2) is 19.8 Å². The molecule has 1 atom stereocenters. The molecule has 41 heavy (non-hydrogen) atoms. The molecule has 2 aromatic carbocycles. The maximum atomic E-state index is 13.9. The molecule has 0 N–H and O–H groups in total. The number of fused-ring (bicyclic) bond motifs is 1. The fraction of sp³-hybridized carbons (Fsp3) is 0.179. The van der Waals surface area contributed by atoms with Crippen LogP contribution in [0.25, 0.3) is 6.08 Å². The van der Waals surface area contributed by atoms with Gasteiger partial charge in [-0.1, -0.05) is 35.6 Å². The minimum atomic E-state index is -0.845. The molecule has 11 nitrogen and oxygen atoms in total. The highest BCUT2D eigenvalue weighted by molar-refractivity contribution is 7.99. The van der Waals surface area contributed by atoms with Crippen LogP contribution in [0.4, 0.5) is 5.69 Å². The Balaban J connectivity index is 1.65. The molecule has 0 saturated heterocycles. The second-order valence-electron chi connectivity index (χ2n) is 8.66. The number of nitro groups is 1. The molecule has 0 spiro atoms. The van der Waals surface area contributed by atoms with Gasteiger partial charge in [0.25, 0.3) is 11.2 Å². The number of ether oxygens (including phenoxy) is 2. The third-order valence-electron chi connectivity index (χ3n) is 6.17. The number of methoxy groups -OCH3 is 1. The van der Waals surface area contributed by atoms with Gasteiger partial charge in [0.2, 0.25) is 0 Å². The summed E-state index contributed by atoms with van der Waals surface area (Å²) in [6, 6.07) is 12.6. The van der Waals surface area contributed by atoms with Crippen LogP contribution in [0, 0.1) is 10.1 Å². The first-order chi connectivity index (χ1) is 19.8. The number of aromatic nitrogens is 3. The predicted octanol–water partition coefficient (Wildman–Crippen LogP) is 3.66. The van der Waals surface area contributed by atoms with Gasteiger partial charge in [0.15, 0.2) is 9.96 Å². The van der Waals surface area contributed by atoms with Crippen molar-refractivity contribution >= 4 is 40.8 Å². The van der Waals surface area contributed by atoms with Gasteiger partial charge in [-0.3, -0.25) is 19.5 Å². The molecule has 0 saturated carbocycles. The summed E-state index contributed by atoms with van der Waals surface area (Å²) in [7, 11) is 1.52. The van der Waals surface area contributed by atoms with Crippen molar-refractivity contribution in [2.24, 2.45) is 4.99 Å². The summed E-state index contributed by atoms with van der Waals surface area (Å²) in [5, 5.41) is 12.3. The Hall–Kier alpha value is -4.62. The number of hydrogen-bond donors (Lipinski definition) is 0. The number of esters is 1. The Morgan fingerprint density at radius 3 is 2.66 bits per heavy atom. The molecule has 4 aromatic rings. The molecule has 13 heteroatoms. The van der Waals surface area contributed by atoms with Crippen molar-refractivity contribution in [2.45, 2.75) is 29.9 Å². The number of hydrogen-bond acceptors (Lipinski definition) is 11. The van der Waals surface area contributed by atoms with E-state index in [1.165, 1.54) is 17.7 Å². The first-order valence-electron chi connectivity index (χ1n) is 12.4. The molecule has 0 aliphatic carbocycles. The molecular weight excluding hydrogens is 566 g/mol. The van der Waals surface area contributed by atoms with E-state index < -0.39 is 22.5 Å². The maximum absolute atomic E-state index is 13.9. The van der Waals surface area contributed by atoms with Gasteiger partial charge in [-0.05, 0) is 55.4 Å². The smallest absolute Gasteiger partial charge is 0.338 e. The lowest BCUT2D eigenvalue weighted by atomic mass is 9.95. The number of carbonyl (C=O) groups is 1. The first-order valence-corrected chi connectivity index (χ1v) is 14.0. The molecule has 208 valence electrons. The SMILES string of the molecule is CCOC(=O)C1=C(C)N=c2s/c(=C/c3ccc(Sc4ncccn4)c([N+](=O)[O-])c3)c(=O)n2[C@@H]1c1ccccc1OC. The summed E-state index contributed by atoms with van der Waals surface area (Å²) in [6.07, 6.45) is 4.69. The van der Waals surface area contributed by atoms with Crippen molar-refractivity contribution < 1.29 is 19.2 Å². The number of benzene rings is 2. The van der Waals surface area contributed by atoms with Gasteiger partial charge in [-0.15, -0.1) is 0 Å². The normalized spacial score (nSPS) is 14.8. The molecule has 2 aromatic heterocycles. The van der Waals surface area contributed by atoms with Crippen molar-refractivity contribution in [2.75, 3.05) is 13.7 Å². The largest absolute Gasteiger partial charge is 0.496 e. The Bertz CT molecular complexity index is 1870. The highest BCUT2D eigenvalue weighted by Crippen LogP contribution is 2.36. The van der Waals surface area contributed by atoms with Crippen LogP contribution in [-0.2, 0) is 9.53 Å². The number of carbonyl (C=O) groups excluding carboxylic acids is 1. The molecule has 5 rings (SSSR count). The van der Waals surface area contributed by atoms with Crippen LogP contribution in [0.1, 0.15) is 31.0 Å². The summed E-state index contributed by atoms with van der Waals surface area (Å²) in [5.41, 5.74) is 1.16. The lowest BCUT2D eigenvalue weighted by Gasteiger charge is -2.25. The van der Waals surface area contributed by atoms with Gasteiger partial charge in [0, 0.05) is 24.0 Å². The fourth-order valence-corrected chi connectivity index (χ4v) is 6.26. The number of allylic oxidation sites excluding steroid dienone is 1. The predicted molar refractivity (Wildman–Crippen MR) is 153 cm³/mol. The van der Waals surface area contributed by atoms with E-state index in [0.717, 1.165) is 23.1 Å². The van der Waals surface area contributed by atoms with E-state index in [1.807, 2.05) is 0 Å². The van der Waals surface area contributed by atoms with E-state index in [-0.39, 0.29) is 17.9 Å². The lowest BCUT2D eigenvalue weighted by molar-refractivity contribution is -0.387. The Labute approximate surface area is 241 Å². The van der Waals surface area contributed by atoms with E-state index in [1.54, 1.807) is 74.8 Å². The van der Waals surface area contributed by atoms with Gasteiger partial charge < -0.3 is 9.47 Å². The quantitative estimate of drug-likeness (QED) is 0.130. The number of nitro benzene ring substituents is 1. The number of nitrogens with zero attached hydrogens (tertiary/aromatic N) is 5. The summed E-state index contributed by atoms with van der Waals surface area (Å²) < 4.78 is 12.6. The monoisotopic (exact) mass is 589 g/mol. The summed E-state index contributed by atoms with van der Waals surface area (Å²) in [4.78, 5) is 51.9. The zero-order valence-corrected chi connectivity index (χ0v) is 23.8. The van der Waals surface area contributed by atoms with Crippen molar-refractivity contribution in [3.63, 3.8) is 0 Å². The highest BCUT2D eigenvalue weighted by Gasteiger charge is 2.35. The topological polar surface area (TPSA) is 139 Å². The molecule has 0 amide bonds. The number of rotatable bonds is 8. The van der Waals surface area contributed by atoms with Gasteiger partial charge in [0.05, 0.1) is 39.3 Å². The van der Waals surface area contributed by atoms with Crippen LogP contribution in [-0.4, -0.2) is 39.1 Å². The van der Waals surface area contributed by atoms with Crippen LogP contribution >= 0.6 is 23.1 Å². The van der Waals surface area contributed by atoms with Gasteiger partial charge >= 0.3 is 5.97 Å². The molecular formula is C28H23N5O6S2. The second kappa shape index (κ2) is 11.9. The molecule has 1 aliphatic heterocycles. The lowest BCUT2D eigenvalue weighted by Crippen LogP contribution is -2.40. The van der Waals surface area contributed by atoms with Gasteiger partial charge in [0.1, 0.15) is 11.8 Å². The third-order valence-corrected chi connectivity index (χ3v) is 8.11. The fourth-order valence-electron chi connectivity index (χ4n) is 4.42. The first kappa shape index (κ1) is 27.9. The second-order valence-corrected chi connectivity index (χ2v) is 10.7. The van der Waals surface area contributed by atoms with E-state index in [0.29, 0.717) is 42.0 Å². The highest BCUT2D eigenvalue weighted by atomic mass is 32.2. The van der Waals surface area contributed by atoms with E-state index in [4.69, 9.17) is 9.47 Å². The van der Waals surface area contributed by atoms with Crippen molar-refractivity contribution in [3.05, 3.63) is 113 Å². The molecule has 1 aliphatic rings. The van der Waals surface area contributed by atoms with Crippen LogP contribution in [0.15, 0.2) is 92.0 Å². The Morgan fingerprint density at radius 2 is 1.95 bits per heavy atom. The van der Waals surface area contributed by atoms with Crippen molar-refractivity contribution in [3.8, 4) is 5.75 Å². The maximum Gasteiger partial charge on any atom is 0.338 e. The summed E-state index contributed by atoms with van der Waals surface area (Å²) >= 11 is 2.20. The Morgan fingerprint density at radius 1 is 1.20 bits per heavy atom. The van der Waals surface area contributed by atoms with Crippen molar-refractivity contribution in [1.29, 1.82) is 0 Å². The third kappa shape index (κ3) is 5.54. The number of thiazole rings is 1. The standard InChI is InChI=1S/C28H23N5O6S2/c1-4-39-26(35)23-16(2)31-28-32(24(23)18-8-5-6-9-20(18)38-3)25(34)22(41-28)15-17-10-11-21(19(14-17)33(36)37)40-27-29-12-7-13-30-27/h5-15,24H,4H2,1-3H3/b22-15+/t24-/m1/s1. The van der Waals surface area contributed by atoms with E-state index >= 15 is 0 Å². The van der Waals surface area contributed by atoms with Crippen LogP contribution in [0.5, 0.6) is 5.75 Å². The van der Waals surface area contributed by atoms with E-state index in [2.05, 4.69) is 15.0 Å². The molecule has 0 bridgehead atoms. The molecule has 0 unspecified atom stereocenters. The summed E-state index contributed by atoms with van der Waals surface area (Å²) in [6.45, 7) is 3.56. The van der Waals surface area contributed by atoms with Crippen LogP contribution < -0.4 is 19.6 Å². The summed E-state index contributed by atoms with van der Waals surface area (Å²) in [5.74, 6) is -0.0836. The zero-order valence-electron chi connectivity index (χ0n) is 22.1. The van der Waals surface area contributed by atoms with E-state index in [9.17, 15) is 19.7 Å². The minimum Gasteiger partial charge on any atom is -0.496 e. The number of para-hydroxylation sites is 1. The van der Waals surface area contributed by atoms with Crippen molar-refractivity contribution in [1.82, 2.24) is 14.5 Å². The average Bonchev–Trinajstić information content (AvgIpc) is 3.27. The molecule has 0 fully saturated rings. The zero-order chi connectivity index (χ0) is 29.1.